The summed E-state index contributed by atoms with van der Waals surface area (Å²) < 4.78 is 25.2. The van der Waals surface area contributed by atoms with Crippen molar-refractivity contribution in [1.82, 2.24) is 10.2 Å². The van der Waals surface area contributed by atoms with Gasteiger partial charge in [0.25, 0.3) is 0 Å². The van der Waals surface area contributed by atoms with Gasteiger partial charge < -0.3 is 14.6 Å². The number of carboxylic acids is 1. The lowest BCUT2D eigenvalue weighted by atomic mass is 10.1. The molecule has 0 radical (unpaired) electrons. The normalized spacial score (nSPS) is 13.3. The second-order valence-electron chi connectivity index (χ2n) is 4.05. The number of fused-ring (bicyclic) bond motifs is 1. The molecule has 0 saturated heterocycles. The minimum atomic E-state index is -1.17. The van der Waals surface area contributed by atoms with Crippen molar-refractivity contribution in [2.75, 3.05) is 13.2 Å². The van der Waals surface area contributed by atoms with Crippen LogP contribution in [0.3, 0.4) is 0 Å². The lowest BCUT2D eigenvalue weighted by Crippen LogP contribution is -2.16. The molecule has 104 valence electrons. The van der Waals surface area contributed by atoms with E-state index >= 15 is 0 Å². The fourth-order valence-electron chi connectivity index (χ4n) is 1.88. The molecule has 2 N–H and O–H groups in total. The Bertz CT molecular complexity index is 701. The number of hydrogen-bond acceptors (Lipinski definition) is 4. The number of aromatic amines is 1. The maximum Gasteiger partial charge on any atom is 0.353 e. The Balaban J connectivity index is 2.13. The van der Waals surface area contributed by atoms with Crippen molar-refractivity contribution in [3.63, 3.8) is 0 Å². The summed E-state index contributed by atoms with van der Waals surface area (Å²) in [4.78, 5) is 10.8. The van der Waals surface area contributed by atoms with Gasteiger partial charge in [0.05, 0.1) is 10.2 Å². The Kier molecular flexibility index (Phi) is 3.09. The summed E-state index contributed by atoms with van der Waals surface area (Å²) in [6.07, 6.45) is 0. The zero-order valence-electron chi connectivity index (χ0n) is 9.94. The number of aromatic nitrogens is 2. The Labute approximate surface area is 120 Å². The maximum absolute atomic E-state index is 14.3. The van der Waals surface area contributed by atoms with Gasteiger partial charge in [-0.05, 0) is 28.1 Å². The molecule has 6 nitrogen and oxygen atoms in total. The molecule has 0 saturated carbocycles. The second-order valence-corrected chi connectivity index (χ2v) is 4.84. The zero-order chi connectivity index (χ0) is 14.3. The van der Waals surface area contributed by atoms with Gasteiger partial charge in [0.2, 0.25) is 0 Å². The van der Waals surface area contributed by atoms with Crippen LogP contribution in [0.2, 0.25) is 0 Å². The van der Waals surface area contributed by atoms with E-state index < -0.39 is 11.8 Å². The van der Waals surface area contributed by atoms with Crippen molar-refractivity contribution in [2.45, 2.75) is 0 Å². The van der Waals surface area contributed by atoms with E-state index in [4.69, 9.17) is 14.6 Å². The van der Waals surface area contributed by atoms with Crippen LogP contribution in [0.4, 0.5) is 4.39 Å². The van der Waals surface area contributed by atoms with Gasteiger partial charge in [0, 0.05) is 5.56 Å². The predicted molar refractivity (Wildman–Crippen MR) is 69.6 cm³/mol. The van der Waals surface area contributed by atoms with Gasteiger partial charge >= 0.3 is 5.97 Å². The van der Waals surface area contributed by atoms with E-state index in [0.717, 1.165) is 0 Å². The number of carbonyl (C=O) groups is 1. The number of halogens is 2. The van der Waals surface area contributed by atoms with Crippen molar-refractivity contribution >= 4 is 21.9 Å². The van der Waals surface area contributed by atoms with E-state index in [1.165, 1.54) is 12.1 Å². The average molecular weight is 343 g/mol. The molecule has 1 aromatic carbocycles. The third kappa shape index (κ3) is 2.01. The first-order valence-electron chi connectivity index (χ1n) is 5.64. The highest BCUT2D eigenvalue weighted by Gasteiger charge is 2.24. The van der Waals surface area contributed by atoms with Gasteiger partial charge in [-0.15, -0.1) is 0 Å². The molecular weight excluding hydrogens is 335 g/mol. The Hall–Kier alpha value is -2.09. The summed E-state index contributed by atoms with van der Waals surface area (Å²) >= 11 is 3.12. The predicted octanol–water partition coefficient (Wildman–Crippen LogP) is 2.45. The summed E-state index contributed by atoms with van der Waals surface area (Å²) in [6.45, 7) is 0.710. The largest absolute Gasteiger partial charge is 0.486 e. The number of hydrogen-bond donors (Lipinski definition) is 2. The number of nitrogens with zero attached hydrogens (tertiary/aromatic N) is 1. The second kappa shape index (κ2) is 4.78. The van der Waals surface area contributed by atoms with Crippen molar-refractivity contribution in [2.24, 2.45) is 0 Å². The number of ether oxygens (including phenoxy) is 2. The molecule has 0 aliphatic carbocycles. The molecule has 0 bridgehead atoms. The number of rotatable bonds is 2. The van der Waals surface area contributed by atoms with E-state index in [9.17, 15) is 9.18 Å². The molecule has 0 amide bonds. The van der Waals surface area contributed by atoms with E-state index in [-0.39, 0.29) is 21.4 Å². The first-order chi connectivity index (χ1) is 9.58. The fraction of sp³-hybridized carbons (Fsp3) is 0.167. The quantitative estimate of drug-likeness (QED) is 0.875. The lowest BCUT2D eigenvalue weighted by molar-refractivity contribution is 0.0690. The lowest BCUT2D eigenvalue weighted by Gasteiger charge is -2.20. The smallest absolute Gasteiger partial charge is 0.353 e. The van der Waals surface area contributed by atoms with Gasteiger partial charge in [0.1, 0.15) is 18.9 Å². The highest BCUT2D eigenvalue weighted by molar-refractivity contribution is 9.10. The highest BCUT2D eigenvalue weighted by atomic mass is 79.9. The molecule has 8 heteroatoms. The molecule has 0 atom stereocenters. The van der Waals surface area contributed by atoms with Crippen LogP contribution >= 0.6 is 15.9 Å². The molecule has 0 unspecified atom stereocenters. The Morgan fingerprint density at radius 2 is 2.15 bits per heavy atom. The van der Waals surface area contributed by atoms with Crippen LogP contribution in [0.5, 0.6) is 11.5 Å². The number of H-pyrrole nitrogens is 1. The molecule has 20 heavy (non-hydrogen) atoms. The van der Waals surface area contributed by atoms with Crippen LogP contribution in [0.25, 0.3) is 11.3 Å². The number of nitrogens with one attached hydrogen (secondary N) is 1. The van der Waals surface area contributed by atoms with E-state index in [2.05, 4.69) is 26.1 Å². The van der Waals surface area contributed by atoms with Gasteiger partial charge in [-0.1, -0.05) is 0 Å². The molecule has 1 aliphatic heterocycles. The van der Waals surface area contributed by atoms with E-state index in [1.54, 1.807) is 0 Å². The number of carboxylic acid groups (broad SMARTS) is 1. The molecule has 1 aromatic heterocycles. The molecule has 3 rings (SSSR count). The summed E-state index contributed by atoms with van der Waals surface area (Å²) in [6, 6.07) is 2.69. The summed E-state index contributed by atoms with van der Waals surface area (Å²) in [5.74, 6) is -1.07. The fourth-order valence-corrected chi connectivity index (χ4v) is 2.40. The minimum absolute atomic E-state index is 0.120. The molecule has 0 spiro atoms. The minimum Gasteiger partial charge on any atom is -0.486 e. The Morgan fingerprint density at radius 3 is 2.85 bits per heavy atom. The topological polar surface area (TPSA) is 84.4 Å². The molecular formula is C12H8BrFN2O4. The van der Waals surface area contributed by atoms with Crippen LogP contribution in [-0.4, -0.2) is 34.5 Å². The maximum atomic E-state index is 14.3. The first-order valence-corrected chi connectivity index (χ1v) is 6.44. The highest BCUT2D eigenvalue weighted by Crippen LogP contribution is 2.43. The van der Waals surface area contributed by atoms with Crippen LogP contribution in [0, 0.1) is 5.82 Å². The molecule has 2 aromatic rings. The molecule has 1 aliphatic rings. The third-order valence-electron chi connectivity index (χ3n) is 2.80. The number of aromatic carboxylic acids is 1. The number of benzene rings is 1. The van der Waals surface area contributed by atoms with Gasteiger partial charge in [-0.2, -0.15) is 5.10 Å². The van der Waals surface area contributed by atoms with Crippen molar-refractivity contribution in [3.8, 4) is 22.8 Å². The van der Waals surface area contributed by atoms with Crippen molar-refractivity contribution in [1.29, 1.82) is 0 Å². The van der Waals surface area contributed by atoms with Gasteiger partial charge in [0.15, 0.2) is 17.3 Å². The zero-order valence-corrected chi connectivity index (χ0v) is 11.5. The van der Waals surface area contributed by atoms with Gasteiger partial charge in [-0.3, -0.25) is 5.10 Å². The van der Waals surface area contributed by atoms with Crippen LogP contribution in [0.1, 0.15) is 10.5 Å². The van der Waals surface area contributed by atoms with Crippen molar-refractivity contribution in [3.05, 3.63) is 28.1 Å². The first kappa shape index (κ1) is 12.9. The summed E-state index contributed by atoms with van der Waals surface area (Å²) in [5.41, 5.74) is 0.188. The summed E-state index contributed by atoms with van der Waals surface area (Å²) in [7, 11) is 0. The van der Waals surface area contributed by atoms with Crippen molar-refractivity contribution < 1.29 is 23.8 Å². The van der Waals surface area contributed by atoms with Crippen LogP contribution in [0.15, 0.2) is 16.6 Å². The van der Waals surface area contributed by atoms with E-state index in [1.807, 2.05) is 0 Å². The SMILES string of the molecule is O=C(O)c1cc(-c2cc3c(c(Br)c2F)OCCO3)n[nH]1. The monoisotopic (exact) mass is 342 g/mol. The molecule has 2 heterocycles. The van der Waals surface area contributed by atoms with E-state index in [0.29, 0.717) is 24.7 Å². The van der Waals surface area contributed by atoms with Crippen LogP contribution in [-0.2, 0) is 0 Å². The standard InChI is InChI=1S/C12H8BrFN2O4/c13-9-10(14)5(3-8-11(9)20-2-1-19-8)6-4-7(12(17)18)16-15-6/h3-4H,1-2H2,(H,15,16)(H,17,18). The van der Waals surface area contributed by atoms with Crippen LogP contribution < -0.4 is 9.47 Å². The molecule has 0 fully saturated rings. The Morgan fingerprint density at radius 1 is 1.40 bits per heavy atom. The average Bonchev–Trinajstić information content (AvgIpc) is 2.92. The third-order valence-corrected chi connectivity index (χ3v) is 3.51. The van der Waals surface area contributed by atoms with Gasteiger partial charge in [-0.25, -0.2) is 9.18 Å². The summed E-state index contributed by atoms with van der Waals surface area (Å²) in [5, 5.41) is 15.0.